The summed E-state index contributed by atoms with van der Waals surface area (Å²) in [5, 5.41) is 1.61. The quantitative estimate of drug-likeness (QED) is 0.483. The SMILES string of the molecule is CC(C)(C)OC(=O)ON1CC=C(c2ccc(CCOCc3ccccc3)nc2)CC1. The monoisotopic (exact) mass is 410 g/mol. The Hall–Kier alpha value is -2.70. The maximum Gasteiger partial charge on any atom is 0.528 e. The van der Waals surface area contributed by atoms with Crippen molar-refractivity contribution in [1.29, 1.82) is 0 Å². The van der Waals surface area contributed by atoms with Gasteiger partial charge in [0, 0.05) is 24.9 Å². The van der Waals surface area contributed by atoms with Crippen LogP contribution < -0.4 is 0 Å². The Morgan fingerprint density at radius 2 is 1.93 bits per heavy atom. The van der Waals surface area contributed by atoms with Crippen LogP contribution in [0.4, 0.5) is 4.79 Å². The number of pyridine rings is 1. The highest BCUT2D eigenvalue weighted by Crippen LogP contribution is 2.22. The number of carbonyl (C=O) groups excluding carboxylic acids is 1. The smallest absolute Gasteiger partial charge is 0.427 e. The highest BCUT2D eigenvalue weighted by molar-refractivity contribution is 5.66. The molecule has 2 aromatic rings. The predicted molar refractivity (Wildman–Crippen MR) is 116 cm³/mol. The summed E-state index contributed by atoms with van der Waals surface area (Å²) >= 11 is 0. The lowest BCUT2D eigenvalue weighted by molar-refractivity contribution is -0.137. The van der Waals surface area contributed by atoms with Gasteiger partial charge in [-0.05, 0) is 50.0 Å². The van der Waals surface area contributed by atoms with Crippen molar-refractivity contribution >= 4 is 11.7 Å². The number of carbonyl (C=O) groups is 1. The molecule has 0 saturated carbocycles. The van der Waals surface area contributed by atoms with Crippen LogP contribution in [0.2, 0.25) is 0 Å². The highest BCUT2D eigenvalue weighted by atomic mass is 16.8. The highest BCUT2D eigenvalue weighted by Gasteiger charge is 2.22. The normalized spacial score (nSPS) is 14.8. The summed E-state index contributed by atoms with van der Waals surface area (Å²) in [6, 6.07) is 14.3. The van der Waals surface area contributed by atoms with Crippen LogP contribution in [0.3, 0.4) is 0 Å². The van der Waals surface area contributed by atoms with Crippen LogP contribution in [0.1, 0.15) is 44.0 Å². The second-order valence-electron chi connectivity index (χ2n) is 8.25. The van der Waals surface area contributed by atoms with Crippen molar-refractivity contribution in [3.05, 3.63) is 71.6 Å². The minimum atomic E-state index is -0.667. The summed E-state index contributed by atoms with van der Waals surface area (Å²) in [4.78, 5) is 21.6. The van der Waals surface area contributed by atoms with Gasteiger partial charge in [-0.3, -0.25) is 4.98 Å². The summed E-state index contributed by atoms with van der Waals surface area (Å²) in [6.45, 7) is 7.86. The Morgan fingerprint density at radius 3 is 2.57 bits per heavy atom. The van der Waals surface area contributed by atoms with Crippen molar-refractivity contribution in [3.8, 4) is 0 Å². The summed E-state index contributed by atoms with van der Waals surface area (Å²) in [5.41, 5.74) is 3.93. The lowest BCUT2D eigenvalue weighted by Crippen LogP contribution is -2.34. The molecule has 1 aliphatic heterocycles. The van der Waals surface area contributed by atoms with E-state index >= 15 is 0 Å². The van der Waals surface area contributed by atoms with Crippen molar-refractivity contribution in [1.82, 2.24) is 10.0 Å². The summed E-state index contributed by atoms with van der Waals surface area (Å²) < 4.78 is 10.9. The molecule has 160 valence electrons. The Kier molecular flexibility index (Phi) is 7.60. The van der Waals surface area contributed by atoms with Gasteiger partial charge in [0.1, 0.15) is 5.60 Å². The van der Waals surface area contributed by atoms with Crippen molar-refractivity contribution in [2.75, 3.05) is 19.7 Å². The van der Waals surface area contributed by atoms with Gasteiger partial charge in [-0.1, -0.05) is 42.5 Å². The lowest BCUT2D eigenvalue weighted by Gasteiger charge is -2.26. The Labute approximate surface area is 178 Å². The van der Waals surface area contributed by atoms with Crippen molar-refractivity contribution in [3.63, 3.8) is 0 Å². The van der Waals surface area contributed by atoms with Gasteiger partial charge in [-0.15, -0.1) is 5.06 Å². The van der Waals surface area contributed by atoms with Gasteiger partial charge in [0.25, 0.3) is 0 Å². The average molecular weight is 411 g/mol. The molecule has 0 atom stereocenters. The second-order valence-corrected chi connectivity index (χ2v) is 8.25. The minimum absolute atomic E-state index is 0.531. The van der Waals surface area contributed by atoms with E-state index in [0.717, 1.165) is 24.1 Å². The molecule has 0 spiro atoms. The molecule has 6 heteroatoms. The molecule has 1 aliphatic rings. The number of hydrogen-bond acceptors (Lipinski definition) is 6. The first-order valence-corrected chi connectivity index (χ1v) is 10.3. The molecular weight excluding hydrogens is 380 g/mol. The lowest BCUT2D eigenvalue weighted by atomic mass is 10.0. The van der Waals surface area contributed by atoms with E-state index in [1.807, 2.05) is 51.2 Å². The molecule has 6 nitrogen and oxygen atoms in total. The zero-order valence-corrected chi connectivity index (χ0v) is 18.0. The van der Waals surface area contributed by atoms with Crippen LogP contribution >= 0.6 is 0 Å². The minimum Gasteiger partial charge on any atom is -0.427 e. The van der Waals surface area contributed by atoms with Crippen LogP contribution in [0.25, 0.3) is 5.57 Å². The number of hydrogen-bond donors (Lipinski definition) is 0. The molecule has 0 bridgehead atoms. The first-order chi connectivity index (χ1) is 14.4. The van der Waals surface area contributed by atoms with Gasteiger partial charge in [0.15, 0.2) is 0 Å². The molecule has 1 aromatic heterocycles. The molecule has 0 fully saturated rings. The van der Waals surface area contributed by atoms with Gasteiger partial charge in [-0.25, -0.2) is 4.79 Å². The van der Waals surface area contributed by atoms with Gasteiger partial charge in [0.2, 0.25) is 0 Å². The van der Waals surface area contributed by atoms with Crippen molar-refractivity contribution in [2.45, 2.75) is 45.8 Å². The van der Waals surface area contributed by atoms with Gasteiger partial charge in [0.05, 0.1) is 19.8 Å². The van der Waals surface area contributed by atoms with E-state index < -0.39 is 11.8 Å². The number of nitrogens with zero attached hydrogens (tertiary/aromatic N) is 2. The van der Waals surface area contributed by atoms with Crippen LogP contribution in [0.5, 0.6) is 0 Å². The number of aromatic nitrogens is 1. The van der Waals surface area contributed by atoms with Crippen molar-refractivity contribution < 1.29 is 19.1 Å². The van der Waals surface area contributed by atoms with Gasteiger partial charge in [-0.2, -0.15) is 0 Å². The molecular formula is C24H30N2O4. The topological polar surface area (TPSA) is 60.9 Å². The summed E-state index contributed by atoms with van der Waals surface area (Å²) in [7, 11) is 0. The Balaban J connectivity index is 1.42. The third-order valence-electron chi connectivity index (χ3n) is 4.57. The van der Waals surface area contributed by atoms with E-state index in [1.165, 1.54) is 11.1 Å². The average Bonchev–Trinajstić information content (AvgIpc) is 2.72. The fourth-order valence-electron chi connectivity index (χ4n) is 3.07. The molecule has 1 aromatic carbocycles. The van der Waals surface area contributed by atoms with E-state index in [1.54, 1.807) is 5.06 Å². The number of ether oxygens (including phenoxy) is 2. The largest absolute Gasteiger partial charge is 0.528 e. The third-order valence-corrected chi connectivity index (χ3v) is 4.57. The van der Waals surface area contributed by atoms with Crippen LogP contribution in [-0.4, -0.2) is 41.5 Å². The first kappa shape index (κ1) is 22.0. The Morgan fingerprint density at radius 1 is 1.13 bits per heavy atom. The molecule has 0 saturated heterocycles. The fourth-order valence-corrected chi connectivity index (χ4v) is 3.07. The second kappa shape index (κ2) is 10.4. The molecule has 0 aliphatic carbocycles. The van der Waals surface area contributed by atoms with Crippen LogP contribution in [-0.2, 0) is 27.3 Å². The molecule has 3 rings (SSSR count). The molecule has 30 heavy (non-hydrogen) atoms. The van der Waals surface area contributed by atoms with Crippen LogP contribution in [0, 0.1) is 0 Å². The Bertz CT molecular complexity index is 842. The summed E-state index contributed by atoms with van der Waals surface area (Å²) in [5.74, 6) is 0. The summed E-state index contributed by atoms with van der Waals surface area (Å²) in [6.07, 6.45) is 4.86. The standard InChI is InChI=1S/C24H30N2O4/c1-24(2,3)29-23(27)30-26-14-11-20(12-15-26)21-9-10-22(25-17-21)13-16-28-18-19-7-5-4-6-8-19/h4-11,17H,12-16,18H2,1-3H3. The first-order valence-electron chi connectivity index (χ1n) is 10.3. The van der Waals surface area contributed by atoms with E-state index in [9.17, 15) is 4.79 Å². The van der Waals surface area contributed by atoms with Crippen molar-refractivity contribution in [2.24, 2.45) is 0 Å². The van der Waals surface area contributed by atoms with Gasteiger partial charge < -0.3 is 14.3 Å². The fraction of sp³-hybridized carbons (Fsp3) is 0.417. The van der Waals surface area contributed by atoms with E-state index in [2.05, 4.69) is 29.3 Å². The third kappa shape index (κ3) is 7.28. The van der Waals surface area contributed by atoms with Crippen LogP contribution in [0.15, 0.2) is 54.7 Å². The van der Waals surface area contributed by atoms with E-state index in [0.29, 0.717) is 26.3 Å². The molecule has 2 heterocycles. The number of rotatable bonds is 7. The van der Waals surface area contributed by atoms with E-state index in [-0.39, 0.29) is 0 Å². The van der Waals surface area contributed by atoms with E-state index in [4.69, 9.17) is 14.3 Å². The molecule has 0 N–H and O–H groups in total. The predicted octanol–water partition coefficient (Wildman–Crippen LogP) is 4.80. The maximum absolute atomic E-state index is 11.8. The number of benzene rings is 1. The van der Waals surface area contributed by atoms with Gasteiger partial charge >= 0.3 is 6.16 Å². The molecule has 0 amide bonds. The zero-order valence-electron chi connectivity index (χ0n) is 18.0. The molecule has 0 unspecified atom stereocenters. The zero-order chi connectivity index (χ0) is 21.4. The number of hydroxylamine groups is 2. The molecule has 0 radical (unpaired) electrons. The maximum atomic E-state index is 11.8.